The van der Waals surface area contributed by atoms with Gasteiger partial charge < -0.3 is 16.5 Å². The van der Waals surface area contributed by atoms with Crippen LogP contribution in [0.3, 0.4) is 0 Å². The number of aromatic amines is 1. The van der Waals surface area contributed by atoms with Gasteiger partial charge in [0.25, 0.3) is 0 Å². The SMILES string of the molecule is CC(=Cc1c[nH]c(=O)nc1N)CN. The lowest BCUT2D eigenvalue weighted by molar-refractivity contribution is 1.07. The molecule has 0 saturated carbocycles. The van der Waals surface area contributed by atoms with E-state index in [9.17, 15) is 4.79 Å². The molecule has 0 spiro atoms. The number of nitrogens with zero attached hydrogens (tertiary/aromatic N) is 1. The van der Waals surface area contributed by atoms with Gasteiger partial charge in [0.1, 0.15) is 5.82 Å². The summed E-state index contributed by atoms with van der Waals surface area (Å²) in [5.41, 5.74) is 12.1. The topological polar surface area (TPSA) is 97.8 Å². The average molecular weight is 180 g/mol. The molecule has 0 fully saturated rings. The maximum Gasteiger partial charge on any atom is 0.346 e. The number of nitrogens with one attached hydrogen (secondary N) is 1. The summed E-state index contributed by atoms with van der Waals surface area (Å²) in [6, 6.07) is 0. The molecule has 0 aliphatic carbocycles. The van der Waals surface area contributed by atoms with Crippen LogP contribution in [0, 0.1) is 0 Å². The molecule has 0 aliphatic heterocycles. The normalized spacial score (nSPS) is 11.7. The van der Waals surface area contributed by atoms with Crippen molar-refractivity contribution in [2.75, 3.05) is 12.3 Å². The van der Waals surface area contributed by atoms with Gasteiger partial charge in [-0.05, 0) is 13.0 Å². The van der Waals surface area contributed by atoms with Gasteiger partial charge >= 0.3 is 5.69 Å². The first-order valence-electron chi connectivity index (χ1n) is 3.86. The monoisotopic (exact) mass is 180 g/mol. The molecule has 0 atom stereocenters. The Balaban J connectivity index is 3.10. The first-order valence-corrected chi connectivity index (χ1v) is 3.86. The molecule has 1 aromatic heterocycles. The Hall–Kier alpha value is -1.62. The lowest BCUT2D eigenvalue weighted by Gasteiger charge is -1.99. The minimum atomic E-state index is -0.444. The van der Waals surface area contributed by atoms with E-state index in [4.69, 9.17) is 11.5 Å². The third-order valence-corrected chi connectivity index (χ3v) is 1.59. The predicted molar refractivity (Wildman–Crippen MR) is 52.0 cm³/mol. The molecule has 0 unspecified atom stereocenters. The van der Waals surface area contributed by atoms with Gasteiger partial charge in [0.15, 0.2) is 0 Å². The van der Waals surface area contributed by atoms with Crippen molar-refractivity contribution in [1.29, 1.82) is 0 Å². The molecular formula is C8H12N4O. The van der Waals surface area contributed by atoms with Crippen LogP contribution >= 0.6 is 0 Å². The Morgan fingerprint density at radius 2 is 2.46 bits per heavy atom. The fourth-order valence-corrected chi connectivity index (χ4v) is 0.860. The second-order valence-corrected chi connectivity index (χ2v) is 2.74. The van der Waals surface area contributed by atoms with Gasteiger partial charge in [0.05, 0.1) is 0 Å². The van der Waals surface area contributed by atoms with Crippen molar-refractivity contribution in [3.05, 3.63) is 27.8 Å². The standard InChI is InChI=1S/C8H12N4O/c1-5(3-9)2-6-4-11-8(13)12-7(6)10/h2,4H,3,9H2,1H3,(H3,10,11,12,13). The third-order valence-electron chi connectivity index (χ3n) is 1.59. The van der Waals surface area contributed by atoms with Gasteiger partial charge in [-0.2, -0.15) is 4.98 Å². The zero-order chi connectivity index (χ0) is 9.84. The number of hydrogen-bond donors (Lipinski definition) is 3. The zero-order valence-electron chi connectivity index (χ0n) is 7.37. The van der Waals surface area contributed by atoms with Crippen LogP contribution in [-0.4, -0.2) is 16.5 Å². The van der Waals surface area contributed by atoms with Crippen LogP contribution in [0.15, 0.2) is 16.6 Å². The van der Waals surface area contributed by atoms with Crippen LogP contribution in [0.1, 0.15) is 12.5 Å². The molecule has 5 heteroatoms. The number of nitrogen functional groups attached to an aromatic ring is 1. The fraction of sp³-hybridized carbons (Fsp3) is 0.250. The van der Waals surface area contributed by atoms with E-state index < -0.39 is 5.69 Å². The highest BCUT2D eigenvalue weighted by molar-refractivity contribution is 5.61. The molecule has 13 heavy (non-hydrogen) atoms. The summed E-state index contributed by atoms with van der Waals surface area (Å²) >= 11 is 0. The fourth-order valence-electron chi connectivity index (χ4n) is 0.860. The van der Waals surface area contributed by atoms with Crippen LogP contribution < -0.4 is 17.2 Å². The minimum absolute atomic E-state index is 0.219. The number of anilines is 1. The van der Waals surface area contributed by atoms with E-state index in [2.05, 4.69) is 9.97 Å². The van der Waals surface area contributed by atoms with Crippen LogP contribution in [0.25, 0.3) is 6.08 Å². The van der Waals surface area contributed by atoms with Gasteiger partial charge in [0, 0.05) is 18.3 Å². The molecule has 1 aromatic rings. The number of rotatable bonds is 2. The Labute approximate surface area is 75.5 Å². The van der Waals surface area contributed by atoms with Crippen molar-refractivity contribution in [1.82, 2.24) is 9.97 Å². The first-order chi connectivity index (χ1) is 6.13. The molecule has 1 heterocycles. The van der Waals surface area contributed by atoms with Crippen molar-refractivity contribution in [2.24, 2.45) is 5.73 Å². The first kappa shape index (κ1) is 9.47. The lowest BCUT2D eigenvalue weighted by Crippen LogP contribution is -2.13. The molecule has 0 bridgehead atoms. The summed E-state index contributed by atoms with van der Waals surface area (Å²) < 4.78 is 0. The van der Waals surface area contributed by atoms with E-state index in [-0.39, 0.29) is 5.82 Å². The lowest BCUT2D eigenvalue weighted by atomic mass is 10.2. The van der Waals surface area contributed by atoms with E-state index >= 15 is 0 Å². The smallest absolute Gasteiger partial charge is 0.346 e. The molecule has 0 amide bonds. The zero-order valence-corrected chi connectivity index (χ0v) is 7.37. The average Bonchev–Trinajstić information content (AvgIpc) is 2.09. The van der Waals surface area contributed by atoms with Gasteiger partial charge in [-0.25, -0.2) is 4.79 Å². The number of hydrogen-bond acceptors (Lipinski definition) is 4. The summed E-state index contributed by atoms with van der Waals surface area (Å²) in [6.07, 6.45) is 3.31. The van der Waals surface area contributed by atoms with Gasteiger partial charge in [-0.3, -0.25) is 0 Å². The van der Waals surface area contributed by atoms with Crippen LogP contribution in [0.4, 0.5) is 5.82 Å². The molecule has 70 valence electrons. The molecule has 5 N–H and O–H groups in total. The number of H-pyrrole nitrogens is 1. The summed E-state index contributed by atoms with van der Waals surface area (Å²) in [6.45, 7) is 2.34. The second-order valence-electron chi connectivity index (χ2n) is 2.74. The second kappa shape index (κ2) is 3.86. The molecular weight excluding hydrogens is 168 g/mol. The van der Waals surface area contributed by atoms with E-state index in [1.54, 1.807) is 6.08 Å². The Morgan fingerprint density at radius 3 is 3.00 bits per heavy atom. The van der Waals surface area contributed by atoms with Crippen LogP contribution in [-0.2, 0) is 0 Å². The minimum Gasteiger partial charge on any atom is -0.383 e. The molecule has 0 saturated heterocycles. The Morgan fingerprint density at radius 1 is 1.77 bits per heavy atom. The van der Waals surface area contributed by atoms with Gasteiger partial charge in [0.2, 0.25) is 0 Å². The van der Waals surface area contributed by atoms with E-state index in [1.807, 2.05) is 6.92 Å². The predicted octanol–water partition coefficient (Wildman–Crippen LogP) is -0.286. The van der Waals surface area contributed by atoms with Crippen LogP contribution in [0.5, 0.6) is 0 Å². The van der Waals surface area contributed by atoms with Crippen molar-refractivity contribution < 1.29 is 0 Å². The highest BCUT2D eigenvalue weighted by Crippen LogP contribution is 2.08. The van der Waals surface area contributed by atoms with Crippen molar-refractivity contribution >= 4 is 11.9 Å². The molecule has 0 radical (unpaired) electrons. The Kier molecular flexibility index (Phi) is 2.81. The van der Waals surface area contributed by atoms with Gasteiger partial charge in [-0.1, -0.05) is 5.57 Å². The quantitative estimate of drug-likeness (QED) is 0.582. The highest BCUT2D eigenvalue weighted by Gasteiger charge is 1.97. The number of aromatic nitrogens is 2. The maximum absolute atomic E-state index is 10.7. The highest BCUT2D eigenvalue weighted by atomic mass is 16.1. The molecule has 1 rings (SSSR count). The van der Waals surface area contributed by atoms with Crippen molar-refractivity contribution in [2.45, 2.75) is 6.92 Å². The Bertz CT molecular complexity index is 380. The largest absolute Gasteiger partial charge is 0.383 e. The van der Waals surface area contributed by atoms with Crippen molar-refractivity contribution in [3.63, 3.8) is 0 Å². The molecule has 0 aromatic carbocycles. The summed E-state index contributed by atoms with van der Waals surface area (Å²) in [4.78, 5) is 16.7. The van der Waals surface area contributed by atoms with Crippen LogP contribution in [0.2, 0.25) is 0 Å². The van der Waals surface area contributed by atoms with E-state index in [0.29, 0.717) is 12.1 Å². The summed E-state index contributed by atoms with van der Waals surface area (Å²) in [5.74, 6) is 0.219. The summed E-state index contributed by atoms with van der Waals surface area (Å²) in [7, 11) is 0. The molecule has 0 aliphatic rings. The van der Waals surface area contributed by atoms with Crippen molar-refractivity contribution in [3.8, 4) is 0 Å². The van der Waals surface area contributed by atoms with Gasteiger partial charge in [-0.15, -0.1) is 0 Å². The third kappa shape index (κ3) is 2.41. The number of nitrogens with two attached hydrogens (primary N) is 2. The van der Waals surface area contributed by atoms with E-state index in [0.717, 1.165) is 5.57 Å². The summed E-state index contributed by atoms with van der Waals surface area (Å²) in [5, 5.41) is 0. The molecule has 5 nitrogen and oxygen atoms in total. The maximum atomic E-state index is 10.7. The van der Waals surface area contributed by atoms with E-state index in [1.165, 1.54) is 6.20 Å².